The van der Waals surface area contributed by atoms with Crippen molar-refractivity contribution in [1.82, 2.24) is 10.6 Å². The zero-order valence-electron chi connectivity index (χ0n) is 11.0. The Morgan fingerprint density at radius 2 is 1.82 bits per heavy atom. The fraction of sp³-hybridized carbons (Fsp3) is 0.571. The molecule has 0 spiro atoms. The molecule has 1 atom stereocenters. The van der Waals surface area contributed by atoms with E-state index in [9.17, 15) is 4.39 Å². The summed E-state index contributed by atoms with van der Waals surface area (Å²) in [6, 6.07) is 7.23. The minimum atomic E-state index is -0.137. The van der Waals surface area contributed by atoms with E-state index in [-0.39, 0.29) is 5.82 Å². The van der Waals surface area contributed by atoms with Crippen molar-refractivity contribution in [2.24, 2.45) is 5.92 Å². The third kappa shape index (κ3) is 5.80. The highest BCUT2D eigenvalue weighted by Gasteiger charge is 2.04. The third-order valence-electron chi connectivity index (χ3n) is 2.60. The molecule has 0 heterocycles. The Morgan fingerprint density at radius 3 is 2.47 bits per heavy atom. The molecule has 3 heteroatoms. The molecule has 0 saturated carbocycles. The zero-order chi connectivity index (χ0) is 12.7. The lowest BCUT2D eigenvalue weighted by atomic mass is 10.2. The summed E-state index contributed by atoms with van der Waals surface area (Å²) in [5.74, 6) is 0.524. The van der Waals surface area contributed by atoms with E-state index < -0.39 is 0 Å². The fourth-order valence-electron chi connectivity index (χ4n) is 1.59. The monoisotopic (exact) mass is 238 g/mol. The highest BCUT2D eigenvalue weighted by Crippen LogP contribution is 2.05. The van der Waals surface area contributed by atoms with Crippen LogP contribution in [0.15, 0.2) is 24.3 Å². The van der Waals surface area contributed by atoms with Gasteiger partial charge in [0.1, 0.15) is 5.82 Å². The van der Waals surface area contributed by atoms with Gasteiger partial charge in [0.25, 0.3) is 0 Å². The lowest BCUT2D eigenvalue weighted by molar-refractivity contribution is 0.467. The summed E-state index contributed by atoms with van der Waals surface area (Å²) in [5.41, 5.74) is 0.725. The van der Waals surface area contributed by atoms with Gasteiger partial charge in [-0.15, -0.1) is 0 Å². The van der Waals surface area contributed by atoms with Crippen LogP contribution in [0, 0.1) is 11.7 Å². The predicted octanol–water partition coefficient (Wildman–Crippen LogP) is 2.55. The minimum absolute atomic E-state index is 0.137. The second-order valence-corrected chi connectivity index (χ2v) is 4.93. The SMILES string of the molecule is CC(C)CNCC(C)NCc1ccccc1F. The molecule has 0 aromatic heterocycles. The molecule has 1 aromatic rings. The molecule has 1 rings (SSSR count). The Morgan fingerprint density at radius 1 is 1.12 bits per heavy atom. The number of benzene rings is 1. The Balaban J connectivity index is 2.24. The maximum atomic E-state index is 13.3. The minimum Gasteiger partial charge on any atom is -0.315 e. The third-order valence-corrected chi connectivity index (χ3v) is 2.60. The van der Waals surface area contributed by atoms with Crippen LogP contribution in [0.3, 0.4) is 0 Å². The maximum absolute atomic E-state index is 13.3. The molecule has 2 N–H and O–H groups in total. The molecule has 0 radical (unpaired) electrons. The average molecular weight is 238 g/mol. The largest absolute Gasteiger partial charge is 0.315 e. The summed E-state index contributed by atoms with van der Waals surface area (Å²) in [6.07, 6.45) is 0. The molecule has 17 heavy (non-hydrogen) atoms. The Bertz CT molecular complexity index is 326. The summed E-state index contributed by atoms with van der Waals surface area (Å²) < 4.78 is 13.3. The zero-order valence-corrected chi connectivity index (χ0v) is 11.0. The second-order valence-electron chi connectivity index (χ2n) is 4.93. The predicted molar refractivity (Wildman–Crippen MR) is 70.4 cm³/mol. The van der Waals surface area contributed by atoms with Crippen LogP contribution >= 0.6 is 0 Å². The van der Waals surface area contributed by atoms with Crippen LogP contribution in [0.4, 0.5) is 4.39 Å². The van der Waals surface area contributed by atoms with Crippen LogP contribution in [0.2, 0.25) is 0 Å². The molecule has 2 nitrogen and oxygen atoms in total. The second kappa shape index (κ2) is 7.41. The maximum Gasteiger partial charge on any atom is 0.127 e. The van der Waals surface area contributed by atoms with Crippen molar-refractivity contribution >= 4 is 0 Å². The van der Waals surface area contributed by atoms with Crippen LogP contribution in [-0.2, 0) is 6.54 Å². The molecule has 0 fully saturated rings. The van der Waals surface area contributed by atoms with Gasteiger partial charge in [0.05, 0.1) is 0 Å². The first-order chi connectivity index (χ1) is 8.09. The van der Waals surface area contributed by atoms with Gasteiger partial charge >= 0.3 is 0 Å². The molecule has 0 saturated heterocycles. The smallest absolute Gasteiger partial charge is 0.127 e. The molecule has 0 aliphatic rings. The van der Waals surface area contributed by atoms with Gasteiger partial charge in [-0.1, -0.05) is 32.0 Å². The molecule has 0 bridgehead atoms. The summed E-state index contributed by atoms with van der Waals surface area (Å²) >= 11 is 0. The average Bonchev–Trinajstić information content (AvgIpc) is 2.27. The van der Waals surface area contributed by atoms with Gasteiger partial charge in [0.15, 0.2) is 0 Å². The quantitative estimate of drug-likeness (QED) is 0.763. The van der Waals surface area contributed by atoms with Gasteiger partial charge in [0.2, 0.25) is 0 Å². The molecule has 1 unspecified atom stereocenters. The molecular formula is C14H23FN2. The number of hydrogen-bond donors (Lipinski definition) is 2. The molecule has 0 aliphatic carbocycles. The van der Waals surface area contributed by atoms with Crippen molar-refractivity contribution in [3.63, 3.8) is 0 Å². The van der Waals surface area contributed by atoms with Crippen LogP contribution in [0.5, 0.6) is 0 Å². The van der Waals surface area contributed by atoms with Gasteiger partial charge in [-0.2, -0.15) is 0 Å². The van der Waals surface area contributed by atoms with E-state index in [2.05, 4.69) is 31.4 Å². The molecule has 0 amide bonds. The Labute approximate surface area is 104 Å². The Hall–Kier alpha value is -0.930. The molecule has 96 valence electrons. The first kappa shape index (κ1) is 14.1. The van der Waals surface area contributed by atoms with Crippen molar-refractivity contribution in [1.29, 1.82) is 0 Å². The lowest BCUT2D eigenvalue weighted by Gasteiger charge is -2.16. The van der Waals surface area contributed by atoms with Crippen molar-refractivity contribution in [2.45, 2.75) is 33.4 Å². The van der Waals surface area contributed by atoms with Crippen molar-refractivity contribution in [3.05, 3.63) is 35.6 Å². The Kier molecular flexibility index (Phi) is 6.16. The lowest BCUT2D eigenvalue weighted by Crippen LogP contribution is -2.37. The van der Waals surface area contributed by atoms with Crippen LogP contribution in [-0.4, -0.2) is 19.1 Å². The van der Waals surface area contributed by atoms with Gasteiger partial charge < -0.3 is 10.6 Å². The van der Waals surface area contributed by atoms with Gasteiger partial charge in [0, 0.05) is 24.7 Å². The standard InChI is InChI=1S/C14H23FN2/c1-11(2)8-16-9-12(3)17-10-13-6-4-5-7-14(13)15/h4-7,11-12,16-17H,8-10H2,1-3H3. The highest BCUT2D eigenvalue weighted by molar-refractivity contribution is 5.16. The van der Waals surface area contributed by atoms with Crippen LogP contribution in [0.25, 0.3) is 0 Å². The fourth-order valence-corrected chi connectivity index (χ4v) is 1.59. The number of nitrogens with one attached hydrogen (secondary N) is 2. The van der Waals surface area contributed by atoms with Crippen molar-refractivity contribution in [3.8, 4) is 0 Å². The highest BCUT2D eigenvalue weighted by atomic mass is 19.1. The molecule has 0 aliphatic heterocycles. The summed E-state index contributed by atoms with van der Waals surface area (Å²) in [5, 5.41) is 6.69. The number of hydrogen-bond acceptors (Lipinski definition) is 2. The molecular weight excluding hydrogens is 215 g/mol. The normalized spacial score (nSPS) is 13.0. The van der Waals surface area contributed by atoms with E-state index in [4.69, 9.17) is 0 Å². The number of rotatable bonds is 7. The van der Waals surface area contributed by atoms with E-state index in [0.717, 1.165) is 18.7 Å². The number of halogens is 1. The van der Waals surface area contributed by atoms with Crippen LogP contribution < -0.4 is 10.6 Å². The van der Waals surface area contributed by atoms with Crippen molar-refractivity contribution < 1.29 is 4.39 Å². The van der Waals surface area contributed by atoms with Gasteiger partial charge in [-0.05, 0) is 25.5 Å². The van der Waals surface area contributed by atoms with Crippen molar-refractivity contribution in [2.75, 3.05) is 13.1 Å². The van der Waals surface area contributed by atoms with E-state index in [0.29, 0.717) is 18.5 Å². The van der Waals surface area contributed by atoms with Gasteiger partial charge in [-0.25, -0.2) is 4.39 Å². The summed E-state index contributed by atoms with van der Waals surface area (Å²) in [7, 11) is 0. The van der Waals surface area contributed by atoms with E-state index in [1.165, 1.54) is 6.07 Å². The van der Waals surface area contributed by atoms with Gasteiger partial charge in [-0.3, -0.25) is 0 Å². The summed E-state index contributed by atoms with van der Waals surface area (Å²) in [4.78, 5) is 0. The summed E-state index contributed by atoms with van der Waals surface area (Å²) in [6.45, 7) is 8.98. The topological polar surface area (TPSA) is 24.1 Å². The van der Waals surface area contributed by atoms with E-state index >= 15 is 0 Å². The first-order valence-corrected chi connectivity index (χ1v) is 6.27. The van der Waals surface area contributed by atoms with E-state index in [1.54, 1.807) is 6.07 Å². The van der Waals surface area contributed by atoms with Crippen LogP contribution in [0.1, 0.15) is 26.3 Å². The molecule has 1 aromatic carbocycles. The van der Waals surface area contributed by atoms with E-state index in [1.807, 2.05) is 12.1 Å². The first-order valence-electron chi connectivity index (χ1n) is 6.27.